The fourth-order valence-corrected chi connectivity index (χ4v) is 2.60. The first-order chi connectivity index (χ1) is 13.5. The van der Waals surface area contributed by atoms with Crippen molar-refractivity contribution in [1.29, 1.82) is 0 Å². The summed E-state index contributed by atoms with van der Waals surface area (Å²) in [5.74, 6) is -1.39. The van der Waals surface area contributed by atoms with Crippen LogP contribution in [0.1, 0.15) is 36.2 Å². The monoisotopic (exact) mass is 382 g/mol. The topological polar surface area (TPSA) is 84.5 Å². The molecule has 2 aromatic rings. The highest BCUT2D eigenvalue weighted by Gasteiger charge is 2.19. The van der Waals surface area contributed by atoms with Gasteiger partial charge in [0, 0.05) is 11.6 Å². The summed E-state index contributed by atoms with van der Waals surface area (Å²) in [5.41, 5.74) is 1.66. The summed E-state index contributed by atoms with van der Waals surface area (Å²) in [7, 11) is 0. The Morgan fingerprint density at radius 2 is 1.54 bits per heavy atom. The number of carbonyl (C=O) groups excluding carboxylic acids is 3. The number of rotatable bonds is 9. The van der Waals surface area contributed by atoms with Crippen molar-refractivity contribution in [1.82, 2.24) is 10.6 Å². The smallest absolute Gasteiger partial charge is 0.326 e. The molecule has 2 rings (SSSR count). The van der Waals surface area contributed by atoms with Crippen molar-refractivity contribution in [2.75, 3.05) is 6.54 Å². The minimum atomic E-state index is -0.930. The number of amides is 2. The Kier molecular flexibility index (Phi) is 8.21. The van der Waals surface area contributed by atoms with Crippen LogP contribution < -0.4 is 10.6 Å². The van der Waals surface area contributed by atoms with E-state index < -0.39 is 12.1 Å². The van der Waals surface area contributed by atoms with Crippen LogP contribution >= 0.6 is 0 Å². The fraction of sp³-hybridized carbons (Fsp3) is 0.318. The number of hydrogen-bond donors (Lipinski definition) is 2. The van der Waals surface area contributed by atoms with E-state index in [4.69, 9.17) is 4.74 Å². The minimum Gasteiger partial charge on any atom is -0.451 e. The van der Waals surface area contributed by atoms with E-state index in [0.717, 1.165) is 12.8 Å². The van der Waals surface area contributed by atoms with Crippen LogP contribution in [-0.2, 0) is 20.7 Å². The number of benzene rings is 2. The lowest BCUT2D eigenvalue weighted by molar-refractivity contribution is -0.154. The maximum atomic E-state index is 12.2. The van der Waals surface area contributed by atoms with Gasteiger partial charge in [-0.1, -0.05) is 48.5 Å². The van der Waals surface area contributed by atoms with Gasteiger partial charge in [-0.15, -0.1) is 0 Å². The molecule has 0 bridgehead atoms. The van der Waals surface area contributed by atoms with Gasteiger partial charge in [0.05, 0.1) is 0 Å². The summed E-state index contributed by atoms with van der Waals surface area (Å²) in [6, 6.07) is 18.5. The molecule has 2 amide bonds. The molecule has 6 heteroatoms. The highest BCUT2D eigenvalue weighted by atomic mass is 16.5. The van der Waals surface area contributed by atoms with E-state index in [2.05, 4.69) is 10.6 Å². The van der Waals surface area contributed by atoms with Crippen LogP contribution in [0.4, 0.5) is 0 Å². The predicted molar refractivity (Wildman–Crippen MR) is 107 cm³/mol. The molecule has 0 heterocycles. The minimum absolute atomic E-state index is 0.0494. The standard InChI is InChI=1S/C22H26N2O4/c1-16(13-14-18-9-5-3-6-10-18)24-21(26)17(2)28-20(25)15-23-22(27)19-11-7-4-8-12-19/h3-12,16-17H,13-15H2,1-2H3,(H,23,27)(H,24,26)/t16-,17-/m1/s1. The molecule has 2 atom stereocenters. The molecule has 0 spiro atoms. The molecule has 148 valence electrons. The van der Waals surface area contributed by atoms with Gasteiger partial charge in [0.25, 0.3) is 11.8 Å². The van der Waals surface area contributed by atoms with E-state index in [0.29, 0.717) is 5.56 Å². The molecule has 0 aliphatic heterocycles. The van der Waals surface area contributed by atoms with Gasteiger partial charge in [0.2, 0.25) is 0 Å². The van der Waals surface area contributed by atoms with Crippen LogP contribution in [-0.4, -0.2) is 36.5 Å². The lowest BCUT2D eigenvalue weighted by atomic mass is 10.1. The van der Waals surface area contributed by atoms with Crippen LogP contribution in [0.2, 0.25) is 0 Å². The van der Waals surface area contributed by atoms with E-state index in [9.17, 15) is 14.4 Å². The molecular weight excluding hydrogens is 356 g/mol. The normalized spacial score (nSPS) is 12.5. The number of hydrogen-bond acceptors (Lipinski definition) is 4. The lowest BCUT2D eigenvalue weighted by Crippen LogP contribution is -2.42. The third kappa shape index (κ3) is 7.23. The van der Waals surface area contributed by atoms with Crippen LogP contribution in [0.5, 0.6) is 0 Å². The second kappa shape index (κ2) is 10.9. The van der Waals surface area contributed by atoms with Crippen molar-refractivity contribution in [3.8, 4) is 0 Å². The Morgan fingerprint density at radius 3 is 2.18 bits per heavy atom. The predicted octanol–water partition coefficient (Wildman–Crippen LogP) is 2.49. The maximum absolute atomic E-state index is 12.2. The van der Waals surface area contributed by atoms with Crippen molar-refractivity contribution >= 4 is 17.8 Å². The average Bonchev–Trinajstić information content (AvgIpc) is 2.71. The summed E-state index contributed by atoms with van der Waals surface area (Å²) >= 11 is 0. The Hall–Kier alpha value is -3.15. The maximum Gasteiger partial charge on any atom is 0.326 e. The Morgan fingerprint density at radius 1 is 0.929 bits per heavy atom. The molecule has 6 nitrogen and oxygen atoms in total. The first-order valence-corrected chi connectivity index (χ1v) is 9.32. The fourth-order valence-electron chi connectivity index (χ4n) is 2.60. The zero-order valence-corrected chi connectivity index (χ0v) is 16.2. The molecule has 2 N–H and O–H groups in total. The molecule has 0 saturated carbocycles. The molecule has 0 radical (unpaired) electrons. The molecule has 0 aliphatic rings. The highest BCUT2D eigenvalue weighted by Crippen LogP contribution is 2.05. The molecule has 0 unspecified atom stereocenters. The molecule has 0 aromatic heterocycles. The number of ether oxygens (including phenoxy) is 1. The third-order valence-electron chi connectivity index (χ3n) is 4.20. The number of carbonyl (C=O) groups is 3. The van der Waals surface area contributed by atoms with E-state index >= 15 is 0 Å². The zero-order valence-electron chi connectivity index (χ0n) is 16.2. The molecule has 0 saturated heterocycles. The number of aryl methyl sites for hydroxylation is 1. The van der Waals surface area contributed by atoms with Gasteiger partial charge >= 0.3 is 5.97 Å². The quantitative estimate of drug-likeness (QED) is 0.653. The van der Waals surface area contributed by atoms with E-state index in [1.807, 2.05) is 37.3 Å². The van der Waals surface area contributed by atoms with Crippen LogP contribution in [0.25, 0.3) is 0 Å². The second-order valence-electron chi connectivity index (χ2n) is 6.61. The van der Waals surface area contributed by atoms with Crippen molar-refractivity contribution in [3.05, 3.63) is 71.8 Å². The molecule has 0 aliphatic carbocycles. The number of esters is 1. The van der Waals surface area contributed by atoms with Crippen molar-refractivity contribution in [2.45, 2.75) is 38.8 Å². The van der Waals surface area contributed by atoms with E-state index in [1.54, 1.807) is 30.3 Å². The van der Waals surface area contributed by atoms with E-state index in [-0.39, 0.29) is 24.4 Å². The summed E-state index contributed by atoms with van der Waals surface area (Å²) < 4.78 is 5.10. The third-order valence-corrected chi connectivity index (χ3v) is 4.20. The summed E-state index contributed by atoms with van der Waals surface area (Å²) in [6.07, 6.45) is 0.700. The summed E-state index contributed by atoms with van der Waals surface area (Å²) in [6.45, 7) is 3.13. The van der Waals surface area contributed by atoms with Crippen molar-refractivity contribution < 1.29 is 19.1 Å². The van der Waals surface area contributed by atoms with Gasteiger partial charge in [-0.05, 0) is 44.4 Å². The first-order valence-electron chi connectivity index (χ1n) is 9.32. The summed E-state index contributed by atoms with van der Waals surface area (Å²) in [4.78, 5) is 36.0. The first kappa shape index (κ1) is 21.2. The van der Waals surface area contributed by atoms with Gasteiger partial charge in [-0.3, -0.25) is 14.4 Å². The highest BCUT2D eigenvalue weighted by molar-refractivity contribution is 5.96. The Balaban J connectivity index is 1.69. The van der Waals surface area contributed by atoms with Gasteiger partial charge in [-0.2, -0.15) is 0 Å². The Bertz CT molecular complexity index is 778. The van der Waals surface area contributed by atoms with Crippen LogP contribution in [0.3, 0.4) is 0 Å². The molecule has 2 aromatic carbocycles. The van der Waals surface area contributed by atoms with Gasteiger partial charge in [0.15, 0.2) is 6.10 Å². The largest absolute Gasteiger partial charge is 0.451 e. The lowest BCUT2D eigenvalue weighted by Gasteiger charge is -2.18. The van der Waals surface area contributed by atoms with Crippen molar-refractivity contribution in [2.24, 2.45) is 0 Å². The van der Waals surface area contributed by atoms with Gasteiger partial charge in [0.1, 0.15) is 6.54 Å². The number of nitrogens with one attached hydrogen (secondary N) is 2. The average molecular weight is 382 g/mol. The van der Waals surface area contributed by atoms with Crippen molar-refractivity contribution in [3.63, 3.8) is 0 Å². The van der Waals surface area contributed by atoms with Crippen LogP contribution in [0, 0.1) is 0 Å². The second-order valence-corrected chi connectivity index (χ2v) is 6.61. The molecule has 28 heavy (non-hydrogen) atoms. The zero-order chi connectivity index (χ0) is 20.4. The van der Waals surface area contributed by atoms with Gasteiger partial charge < -0.3 is 15.4 Å². The SMILES string of the molecule is C[C@H](CCc1ccccc1)NC(=O)[C@@H](C)OC(=O)CNC(=O)c1ccccc1. The van der Waals surface area contributed by atoms with E-state index in [1.165, 1.54) is 12.5 Å². The van der Waals surface area contributed by atoms with Gasteiger partial charge in [-0.25, -0.2) is 0 Å². The molecular formula is C22H26N2O4. The Labute approximate surface area is 165 Å². The van der Waals surface area contributed by atoms with Crippen LogP contribution in [0.15, 0.2) is 60.7 Å². The molecule has 0 fully saturated rings. The summed E-state index contributed by atoms with van der Waals surface area (Å²) in [5, 5.41) is 5.32.